The van der Waals surface area contributed by atoms with Crippen LogP contribution < -0.4 is 4.90 Å². The van der Waals surface area contributed by atoms with E-state index in [1.807, 2.05) is 19.1 Å². The van der Waals surface area contributed by atoms with Gasteiger partial charge in [-0.25, -0.2) is 4.79 Å². The molecule has 0 aliphatic carbocycles. The second-order valence-electron chi connectivity index (χ2n) is 8.37. The largest absolute Gasteiger partial charge is 0.445 e. The molecule has 1 amide bonds. The molecule has 0 bridgehead atoms. The lowest BCUT2D eigenvalue weighted by atomic mass is 9.86. The van der Waals surface area contributed by atoms with Crippen molar-refractivity contribution >= 4 is 11.8 Å². The molecule has 0 fully saturated rings. The van der Waals surface area contributed by atoms with Gasteiger partial charge in [0.25, 0.3) is 0 Å². The third-order valence-electron chi connectivity index (χ3n) is 4.46. The number of fused-ring (bicyclic) bond motifs is 1. The maximum atomic E-state index is 12.6. The van der Waals surface area contributed by atoms with E-state index in [9.17, 15) is 4.79 Å². The molecule has 0 aromatic heterocycles. The molecule has 27 heavy (non-hydrogen) atoms. The molecule has 1 aliphatic rings. The van der Waals surface area contributed by atoms with E-state index in [0.717, 1.165) is 36.9 Å². The lowest BCUT2D eigenvalue weighted by Crippen LogP contribution is -2.36. The fourth-order valence-corrected chi connectivity index (χ4v) is 3.28. The van der Waals surface area contributed by atoms with Gasteiger partial charge >= 0.3 is 6.09 Å². The quantitative estimate of drug-likeness (QED) is 0.495. The van der Waals surface area contributed by atoms with Gasteiger partial charge in [0.1, 0.15) is 6.61 Å². The van der Waals surface area contributed by atoms with E-state index in [2.05, 4.69) is 44.9 Å². The zero-order chi connectivity index (χ0) is 19.9. The highest BCUT2D eigenvalue weighted by molar-refractivity contribution is 5.89. The van der Waals surface area contributed by atoms with Gasteiger partial charge in [-0.2, -0.15) is 0 Å². The van der Waals surface area contributed by atoms with E-state index in [-0.39, 0.29) is 11.5 Å². The number of aryl methyl sites for hydroxylation is 1. The van der Waals surface area contributed by atoms with Gasteiger partial charge in [0.05, 0.1) is 5.69 Å². The van der Waals surface area contributed by atoms with Crippen molar-refractivity contribution < 1.29 is 9.53 Å². The standard InChI is InChI=1S/C24H31NO2/c1-6-7-8-9-11-19(2)18-27-23(26)25-15-10-12-21-16-20(13-14-22(21)25)17-24(3,4)5/h1,7-8,11,13-14,16H,9-10,12,15,17-18H2,2-5H3/b8-7-,19-11+. The highest BCUT2D eigenvalue weighted by Gasteiger charge is 2.24. The molecule has 144 valence electrons. The number of amides is 1. The normalized spacial score (nSPS) is 14.8. The minimum absolute atomic E-state index is 0.251. The predicted molar refractivity (Wildman–Crippen MR) is 113 cm³/mol. The first-order chi connectivity index (χ1) is 12.8. The Hall–Kier alpha value is -2.47. The maximum absolute atomic E-state index is 12.6. The minimum Gasteiger partial charge on any atom is -0.445 e. The van der Waals surface area contributed by atoms with Crippen molar-refractivity contribution in [3.05, 3.63) is 53.1 Å². The Morgan fingerprint density at radius 2 is 2.15 bits per heavy atom. The van der Waals surface area contributed by atoms with Crippen LogP contribution in [0, 0.1) is 17.8 Å². The lowest BCUT2D eigenvalue weighted by Gasteiger charge is -2.29. The molecule has 3 heteroatoms. The number of benzene rings is 1. The Morgan fingerprint density at radius 1 is 1.37 bits per heavy atom. The number of terminal acetylenes is 1. The Labute approximate surface area is 164 Å². The van der Waals surface area contributed by atoms with Gasteiger partial charge < -0.3 is 4.74 Å². The van der Waals surface area contributed by atoms with Crippen LogP contribution in [0.5, 0.6) is 0 Å². The van der Waals surface area contributed by atoms with E-state index in [1.54, 1.807) is 11.0 Å². The molecule has 1 aliphatic heterocycles. The monoisotopic (exact) mass is 365 g/mol. The average molecular weight is 366 g/mol. The van der Waals surface area contributed by atoms with Crippen LogP contribution in [0.1, 0.15) is 51.7 Å². The van der Waals surface area contributed by atoms with Gasteiger partial charge in [-0.05, 0) is 66.9 Å². The Bertz CT molecular complexity index is 760. The van der Waals surface area contributed by atoms with E-state index in [4.69, 9.17) is 11.2 Å². The summed E-state index contributed by atoms with van der Waals surface area (Å²) in [6.07, 6.45) is 14.3. The summed E-state index contributed by atoms with van der Waals surface area (Å²) in [4.78, 5) is 14.4. The van der Waals surface area contributed by atoms with Crippen molar-refractivity contribution in [1.82, 2.24) is 0 Å². The molecule has 0 N–H and O–H groups in total. The average Bonchev–Trinajstić information content (AvgIpc) is 2.61. The first-order valence-electron chi connectivity index (χ1n) is 9.63. The van der Waals surface area contributed by atoms with Crippen LogP contribution >= 0.6 is 0 Å². The second-order valence-corrected chi connectivity index (χ2v) is 8.37. The van der Waals surface area contributed by atoms with Crippen LogP contribution in [0.25, 0.3) is 0 Å². The number of ether oxygens (including phenoxy) is 1. The molecule has 2 rings (SSSR count). The van der Waals surface area contributed by atoms with Crippen molar-refractivity contribution in [2.75, 3.05) is 18.1 Å². The second kappa shape index (κ2) is 9.46. The molecule has 0 spiro atoms. The van der Waals surface area contributed by atoms with E-state index >= 15 is 0 Å². The summed E-state index contributed by atoms with van der Waals surface area (Å²) < 4.78 is 5.52. The zero-order valence-corrected chi connectivity index (χ0v) is 17.0. The fourth-order valence-electron chi connectivity index (χ4n) is 3.28. The molecule has 0 unspecified atom stereocenters. The van der Waals surface area contributed by atoms with Crippen molar-refractivity contribution in [2.24, 2.45) is 5.41 Å². The van der Waals surface area contributed by atoms with E-state index < -0.39 is 0 Å². The highest BCUT2D eigenvalue weighted by atomic mass is 16.6. The topological polar surface area (TPSA) is 29.5 Å². The van der Waals surface area contributed by atoms with Crippen LogP contribution in [-0.4, -0.2) is 19.2 Å². The third kappa shape index (κ3) is 6.64. The molecule has 0 radical (unpaired) electrons. The van der Waals surface area contributed by atoms with Gasteiger partial charge in [-0.15, -0.1) is 6.42 Å². The van der Waals surface area contributed by atoms with Gasteiger partial charge in [0.15, 0.2) is 0 Å². The molecular formula is C24H31NO2. The molecule has 1 heterocycles. The summed E-state index contributed by atoms with van der Waals surface area (Å²) in [6, 6.07) is 6.46. The smallest absolute Gasteiger partial charge is 0.414 e. The summed E-state index contributed by atoms with van der Waals surface area (Å²) in [7, 11) is 0. The van der Waals surface area contributed by atoms with Gasteiger partial charge in [-0.3, -0.25) is 4.90 Å². The van der Waals surface area contributed by atoms with Crippen molar-refractivity contribution in [3.63, 3.8) is 0 Å². The number of carbonyl (C=O) groups is 1. The van der Waals surface area contributed by atoms with E-state index in [0.29, 0.717) is 13.2 Å². The van der Waals surface area contributed by atoms with Crippen LogP contribution in [0.15, 0.2) is 42.0 Å². The number of hydrogen-bond acceptors (Lipinski definition) is 2. The summed E-state index contributed by atoms with van der Waals surface area (Å²) in [5.41, 5.74) is 4.83. The Kier molecular flexibility index (Phi) is 7.30. The molecule has 3 nitrogen and oxygen atoms in total. The first kappa shape index (κ1) is 20.8. The molecule has 0 saturated carbocycles. The van der Waals surface area contributed by atoms with Gasteiger partial charge in [0, 0.05) is 6.54 Å². The van der Waals surface area contributed by atoms with Crippen LogP contribution in [0.3, 0.4) is 0 Å². The van der Waals surface area contributed by atoms with Gasteiger partial charge in [0.2, 0.25) is 0 Å². The zero-order valence-electron chi connectivity index (χ0n) is 17.0. The fraction of sp³-hybridized carbons (Fsp3) is 0.458. The molecule has 0 atom stereocenters. The number of rotatable bonds is 5. The Balaban J connectivity index is 2.01. The maximum Gasteiger partial charge on any atom is 0.414 e. The summed E-state index contributed by atoms with van der Waals surface area (Å²) in [6.45, 7) is 9.70. The number of hydrogen-bond donors (Lipinski definition) is 0. The van der Waals surface area contributed by atoms with Crippen LogP contribution in [-0.2, 0) is 17.6 Å². The number of allylic oxidation sites excluding steroid dienone is 3. The van der Waals surface area contributed by atoms with Crippen molar-refractivity contribution in [3.8, 4) is 12.3 Å². The van der Waals surface area contributed by atoms with Gasteiger partial charge in [-0.1, -0.05) is 51.0 Å². The van der Waals surface area contributed by atoms with Crippen LogP contribution in [0.4, 0.5) is 10.5 Å². The summed E-state index contributed by atoms with van der Waals surface area (Å²) in [5, 5.41) is 0. The first-order valence-corrected chi connectivity index (χ1v) is 9.63. The minimum atomic E-state index is -0.272. The summed E-state index contributed by atoms with van der Waals surface area (Å²) >= 11 is 0. The number of carbonyl (C=O) groups excluding carboxylic acids is 1. The molecule has 0 saturated heterocycles. The lowest BCUT2D eigenvalue weighted by molar-refractivity contribution is 0.162. The third-order valence-corrected chi connectivity index (χ3v) is 4.46. The predicted octanol–water partition coefficient (Wildman–Crippen LogP) is 5.69. The van der Waals surface area contributed by atoms with E-state index in [1.165, 1.54) is 11.1 Å². The summed E-state index contributed by atoms with van der Waals surface area (Å²) in [5.74, 6) is 2.46. The molecule has 1 aromatic carbocycles. The molecule has 1 aromatic rings. The van der Waals surface area contributed by atoms with Crippen molar-refractivity contribution in [1.29, 1.82) is 0 Å². The SMILES string of the molecule is C#C/C=C\C/C=C(\C)COC(=O)N1CCCc2cc(CC(C)(C)C)ccc21. The van der Waals surface area contributed by atoms with Crippen LogP contribution in [0.2, 0.25) is 0 Å². The highest BCUT2D eigenvalue weighted by Crippen LogP contribution is 2.31. The molecular weight excluding hydrogens is 334 g/mol. The number of nitrogens with zero attached hydrogens (tertiary/aromatic N) is 1. The van der Waals surface area contributed by atoms with Crippen molar-refractivity contribution in [2.45, 2.75) is 53.4 Å². The number of anilines is 1. The Morgan fingerprint density at radius 3 is 2.85 bits per heavy atom.